The van der Waals surface area contributed by atoms with Gasteiger partial charge in [0.05, 0.1) is 0 Å². The van der Waals surface area contributed by atoms with Gasteiger partial charge in [0.15, 0.2) is 0 Å². The van der Waals surface area contributed by atoms with Crippen LogP contribution in [0.15, 0.2) is 97.1 Å². The molecule has 0 heteroatoms. The molecule has 0 fully saturated rings. The lowest BCUT2D eigenvalue weighted by molar-refractivity contribution is 0.445. The van der Waals surface area contributed by atoms with Crippen LogP contribution >= 0.6 is 0 Å². The van der Waals surface area contributed by atoms with E-state index in [2.05, 4.69) is 249 Å². The Labute approximate surface area is 434 Å². The summed E-state index contributed by atoms with van der Waals surface area (Å²) in [6, 6.07) is 35.5. The van der Waals surface area contributed by atoms with E-state index in [0.29, 0.717) is 0 Å². The molecule has 70 heavy (non-hydrogen) atoms. The van der Waals surface area contributed by atoms with Crippen molar-refractivity contribution in [3.05, 3.63) is 208 Å². The van der Waals surface area contributed by atoms with Gasteiger partial charge in [-0.25, -0.2) is 0 Å². The maximum atomic E-state index is 2.51. The molecule has 0 nitrogen and oxygen atoms in total. The van der Waals surface area contributed by atoms with E-state index in [1.54, 1.807) is 11.1 Å². The largest absolute Gasteiger partial charge is 0.0654 e. The van der Waals surface area contributed by atoms with Crippen LogP contribution in [0, 0.1) is 136 Å². The second kappa shape index (κ2) is 33.8. The Morgan fingerprint density at radius 3 is 0.714 bits per heavy atom. The van der Waals surface area contributed by atoms with Crippen molar-refractivity contribution in [3.63, 3.8) is 0 Å². The van der Waals surface area contributed by atoms with Crippen molar-refractivity contribution in [2.45, 2.75) is 217 Å². The lowest BCUT2D eigenvalue weighted by Crippen LogP contribution is -2.08. The quantitative estimate of drug-likeness (QED) is 0.115. The minimum atomic E-state index is 0.863. The van der Waals surface area contributed by atoms with E-state index in [0.717, 1.165) is 11.8 Å². The summed E-state index contributed by atoms with van der Waals surface area (Å²) in [4.78, 5) is 0. The molecule has 0 saturated carbocycles. The molecule has 0 aromatic heterocycles. The molecule has 0 saturated heterocycles. The van der Waals surface area contributed by atoms with Crippen LogP contribution in [0.4, 0.5) is 0 Å². The maximum Gasteiger partial charge on any atom is -0.0248 e. The van der Waals surface area contributed by atoms with Crippen LogP contribution < -0.4 is 0 Å². The van der Waals surface area contributed by atoms with Gasteiger partial charge in [-0.15, -0.1) is 0 Å². The van der Waals surface area contributed by atoms with E-state index >= 15 is 0 Å². The average molecular weight is 946 g/mol. The van der Waals surface area contributed by atoms with Crippen molar-refractivity contribution in [2.75, 3.05) is 0 Å². The second-order valence-electron chi connectivity index (χ2n) is 21.3. The minimum absolute atomic E-state index is 0.863. The summed E-state index contributed by atoms with van der Waals surface area (Å²) in [5.41, 5.74) is 28.2. The lowest BCUT2D eigenvalue weighted by Gasteiger charge is -2.20. The van der Waals surface area contributed by atoms with E-state index in [1.807, 2.05) is 0 Å². The fourth-order valence-corrected chi connectivity index (χ4v) is 8.51. The highest BCUT2D eigenvalue weighted by Gasteiger charge is 2.14. The molecule has 6 aromatic carbocycles. The first-order chi connectivity index (χ1) is 33.0. The number of hydrogen-bond donors (Lipinski definition) is 0. The fourth-order valence-electron chi connectivity index (χ4n) is 8.51. The Kier molecular flexibility index (Phi) is 30.6. The molecule has 0 aliphatic heterocycles. The van der Waals surface area contributed by atoms with Crippen molar-refractivity contribution in [3.8, 4) is 0 Å². The van der Waals surface area contributed by atoms with Gasteiger partial charge in [0, 0.05) is 0 Å². The molecule has 0 heterocycles. The third-order valence-corrected chi connectivity index (χ3v) is 14.7. The van der Waals surface area contributed by atoms with Crippen LogP contribution in [0.2, 0.25) is 0 Å². The Morgan fingerprint density at radius 1 is 0.257 bits per heavy atom. The van der Waals surface area contributed by atoms with E-state index in [1.165, 1.54) is 164 Å². The van der Waals surface area contributed by atoms with Crippen molar-refractivity contribution in [2.24, 2.45) is 11.8 Å². The molecular weight excluding hydrogens is 841 g/mol. The third kappa shape index (κ3) is 24.9. The summed E-state index contributed by atoms with van der Waals surface area (Å²) in [6.07, 6.45) is 13.4. The van der Waals surface area contributed by atoms with Crippen molar-refractivity contribution < 1.29 is 0 Å². The van der Waals surface area contributed by atoms with Gasteiger partial charge in [-0.2, -0.15) is 0 Å². The third-order valence-electron chi connectivity index (χ3n) is 14.7. The second-order valence-corrected chi connectivity index (χ2v) is 21.3. The molecule has 6 aromatic rings. The Balaban J connectivity index is 0.000000448. The summed E-state index contributed by atoms with van der Waals surface area (Å²) < 4.78 is 0. The van der Waals surface area contributed by atoms with Gasteiger partial charge in [0.1, 0.15) is 0 Å². The fraction of sp³-hybridized carbons (Fsp3) is 0.486. The molecular formula is C70H104. The normalized spacial score (nSPS) is 11.2. The molecule has 6 rings (SSSR count). The average Bonchev–Trinajstić information content (AvgIpc) is 3.31. The summed E-state index contributed by atoms with van der Waals surface area (Å²) in [5, 5.41) is 0. The van der Waals surface area contributed by atoms with Crippen LogP contribution in [-0.2, 0) is 12.8 Å². The molecule has 0 aliphatic carbocycles. The first kappa shape index (κ1) is 63.3. The highest BCUT2D eigenvalue weighted by atomic mass is 14.2. The zero-order valence-corrected chi connectivity index (χ0v) is 49.5. The van der Waals surface area contributed by atoms with Gasteiger partial charge in [0.25, 0.3) is 0 Å². The van der Waals surface area contributed by atoms with Crippen molar-refractivity contribution in [1.29, 1.82) is 0 Å². The smallest absolute Gasteiger partial charge is 0.0248 e. The zero-order chi connectivity index (χ0) is 53.1. The number of aryl methyl sites for hydroxylation is 18. The Hall–Kier alpha value is -4.68. The van der Waals surface area contributed by atoms with E-state index in [-0.39, 0.29) is 0 Å². The number of unbranched alkanes of at least 4 members (excludes halogenated alkanes) is 2. The monoisotopic (exact) mass is 945 g/mol. The van der Waals surface area contributed by atoms with Gasteiger partial charge < -0.3 is 0 Å². The van der Waals surface area contributed by atoms with Crippen LogP contribution in [0.3, 0.4) is 0 Å². The molecule has 0 radical (unpaired) electrons. The summed E-state index contributed by atoms with van der Waals surface area (Å²) in [6.45, 7) is 48.2. The molecule has 0 bridgehead atoms. The molecule has 0 N–H and O–H groups in total. The Morgan fingerprint density at radius 2 is 0.500 bits per heavy atom. The molecule has 2 atom stereocenters. The lowest BCUT2D eigenvalue weighted by atomic mass is 9.85. The van der Waals surface area contributed by atoms with Crippen LogP contribution in [-0.4, -0.2) is 0 Å². The van der Waals surface area contributed by atoms with Crippen LogP contribution in [0.1, 0.15) is 190 Å². The summed E-state index contributed by atoms with van der Waals surface area (Å²) >= 11 is 0. The predicted molar refractivity (Wildman–Crippen MR) is 318 cm³/mol. The Bertz CT molecular complexity index is 2130. The maximum absolute atomic E-state index is 2.51. The van der Waals surface area contributed by atoms with Gasteiger partial charge in [-0.3, -0.25) is 0 Å². The number of rotatable bonds is 12. The van der Waals surface area contributed by atoms with Crippen molar-refractivity contribution in [1.82, 2.24) is 0 Å². The first-order valence-electron chi connectivity index (χ1n) is 27.2. The van der Waals surface area contributed by atoms with Gasteiger partial charge >= 0.3 is 0 Å². The first-order valence-corrected chi connectivity index (χ1v) is 27.2. The number of hydrogen-bond acceptors (Lipinski definition) is 0. The topological polar surface area (TPSA) is 0 Å². The molecule has 384 valence electrons. The molecule has 0 aliphatic rings. The SMILES string of the molecule is CCCCC(CC)Cc1cc(C)c(CC(CC)CCCC)cc1C.Cc1cc(C)c(C)cc1C.Cc1cc(C)c(C)cc1C.Cc1ccc(C)c(C)c1.Cc1ccc(C)c(C)c1.Cc1ccc(C)cc1. The highest BCUT2D eigenvalue weighted by molar-refractivity contribution is 5.39. The van der Waals surface area contributed by atoms with Gasteiger partial charge in [-0.05, 0) is 238 Å². The van der Waals surface area contributed by atoms with Gasteiger partial charge in [0.2, 0.25) is 0 Å². The predicted octanol–water partition coefficient (Wildman–Crippen LogP) is 21.2. The molecule has 0 spiro atoms. The minimum Gasteiger partial charge on any atom is -0.0654 e. The van der Waals surface area contributed by atoms with E-state index in [4.69, 9.17) is 0 Å². The zero-order valence-electron chi connectivity index (χ0n) is 49.5. The number of benzene rings is 6. The summed E-state index contributed by atoms with van der Waals surface area (Å²) in [5.74, 6) is 1.73. The highest BCUT2D eigenvalue weighted by Crippen LogP contribution is 2.27. The van der Waals surface area contributed by atoms with Gasteiger partial charge in [-0.1, -0.05) is 198 Å². The van der Waals surface area contributed by atoms with E-state index in [9.17, 15) is 0 Å². The summed E-state index contributed by atoms with van der Waals surface area (Å²) in [7, 11) is 0. The molecule has 2 unspecified atom stereocenters. The molecule has 0 amide bonds. The van der Waals surface area contributed by atoms with Crippen molar-refractivity contribution >= 4 is 0 Å². The van der Waals surface area contributed by atoms with Crippen LogP contribution in [0.5, 0.6) is 0 Å². The van der Waals surface area contributed by atoms with Crippen LogP contribution in [0.25, 0.3) is 0 Å². The standard InChI is InChI=1S/C24H42.2C10H14.2C9H12.C8H10/c1-7-11-13-21(9-3)17-23-15-20(6)24(16-19(23)5)18-22(10-4)14-12-8-2;2*1-7-5-9(3)10(4)6-8(7)2;2*1-7-4-5-8(2)9(3)6-7;1-7-3-5-8(2)6-4-7/h15-16,21-22H,7-14,17-18H2,1-6H3;2*5-6H,1-4H3;2*4-6H,1-3H3;3-6H,1-2H3. The van der Waals surface area contributed by atoms with E-state index < -0.39 is 0 Å².